The van der Waals surface area contributed by atoms with Gasteiger partial charge >= 0.3 is 21.7 Å². The molecule has 0 nitrogen and oxygen atoms in total. The van der Waals surface area contributed by atoms with Crippen LogP contribution in [0.4, 0.5) is 0 Å². The Morgan fingerprint density at radius 2 is 0.895 bits per heavy atom. The zero-order chi connectivity index (χ0) is 26.3. The summed E-state index contributed by atoms with van der Waals surface area (Å²) in [5, 5.41) is 5.46. The van der Waals surface area contributed by atoms with Crippen LogP contribution in [0, 0.1) is 6.42 Å². The summed E-state index contributed by atoms with van der Waals surface area (Å²) in [6.45, 7) is 4.38. The maximum atomic E-state index is 4.53. The van der Waals surface area contributed by atoms with Crippen molar-refractivity contribution >= 4 is 37.6 Å². The minimum Gasteiger partial charge on any atom is -0.533 e. The fraction of sp³-hybridized carbons (Fsp3) is 0.111. The van der Waals surface area contributed by atoms with Crippen molar-refractivity contribution in [1.29, 1.82) is 0 Å². The molecule has 6 aromatic rings. The summed E-state index contributed by atoms with van der Waals surface area (Å²) in [4.78, 5) is 0. The van der Waals surface area contributed by atoms with E-state index in [1.54, 1.807) is 0 Å². The van der Waals surface area contributed by atoms with E-state index < -0.39 is 0 Å². The Hall–Kier alpha value is -3.23. The first-order chi connectivity index (χ1) is 18.2. The third-order valence-corrected chi connectivity index (χ3v) is 6.10. The Balaban J connectivity index is 0.000000192. The van der Waals surface area contributed by atoms with Gasteiger partial charge in [-0.25, -0.2) is 9.85 Å². The normalized spacial score (nSPS) is 9.53. The Morgan fingerprint density at radius 1 is 0.553 bits per heavy atom. The summed E-state index contributed by atoms with van der Waals surface area (Å²) in [6, 6.07) is 46.7. The van der Waals surface area contributed by atoms with Crippen LogP contribution in [0.2, 0.25) is 0 Å². The largest absolute Gasteiger partial charge is 4.00 e. The van der Waals surface area contributed by atoms with Gasteiger partial charge in [-0.05, 0) is 12.8 Å². The minimum absolute atomic E-state index is 0. The molecule has 0 aliphatic heterocycles. The molecule has 0 N–H and O–H groups in total. The van der Waals surface area contributed by atoms with Gasteiger partial charge in [-0.1, -0.05) is 62.4 Å². The van der Waals surface area contributed by atoms with E-state index in [4.69, 9.17) is 0 Å². The van der Waals surface area contributed by atoms with E-state index in [0.717, 1.165) is 12.8 Å². The smallest absolute Gasteiger partial charge is 0.533 e. The van der Waals surface area contributed by atoms with E-state index >= 15 is 0 Å². The maximum Gasteiger partial charge on any atom is 4.00 e. The second kappa shape index (κ2) is 17.3. The summed E-state index contributed by atoms with van der Waals surface area (Å²) in [5.74, 6) is 0. The number of hydrogen-bond acceptors (Lipinski definition) is 0. The molecule has 0 aliphatic carbocycles. The SMILES string of the molecule is CCc1cc2ccccc2[cH-]1.CCc1cc2ccccc2[cH-]1.[CH-]=[SiH2].[Ti+4].c1ccc([CH-]c2ccccc2)cc1. The van der Waals surface area contributed by atoms with Gasteiger partial charge in [0.25, 0.3) is 0 Å². The second-order valence-corrected chi connectivity index (χ2v) is 8.66. The van der Waals surface area contributed by atoms with Gasteiger partial charge in [-0.3, -0.25) is 0 Å². The molecule has 2 heteroatoms. The molecule has 0 amide bonds. The van der Waals surface area contributed by atoms with Crippen LogP contribution in [-0.2, 0) is 34.6 Å². The van der Waals surface area contributed by atoms with Crippen LogP contribution in [-0.4, -0.2) is 16.0 Å². The van der Waals surface area contributed by atoms with Gasteiger partial charge < -0.3 is 6.17 Å². The molecule has 0 heterocycles. The predicted molar refractivity (Wildman–Crippen MR) is 168 cm³/mol. The molecule has 0 aromatic heterocycles. The van der Waals surface area contributed by atoms with Crippen LogP contribution in [0.3, 0.4) is 0 Å². The molecular weight excluding hydrogens is 508 g/mol. The van der Waals surface area contributed by atoms with Crippen molar-refractivity contribution in [2.24, 2.45) is 0 Å². The third kappa shape index (κ3) is 9.58. The molecule has 0 atom stereocenters. The first-order valence-corrected chi connectivity index (χ1v) is 13.7. The van der Waals surface area contributed by atoms with Crippen molar-refractivity contribution in [3.63, 3.8) is 0 Å². The molecule has 188 valence electrons. The predicted octanol–water partition coefficient (Wildman–Crippen LogP) is 8.46. The van der Waals surface area contributed by atoms with E-state index in [1.165, 1.54) is 53.7 Å². The van der Waals surface area contributed by atoms with Gasteiger partial charge in [0.15, 0.2) is 0 Å². The van der Waals surface area contributed by atoms with Crippen LogP contribution < -0.4 is 0 Å². The van der Waals surface area contributed by atoms with Gasteiger partial charge in [0.05, 0.1) is 0 Å². The second-order valence-electron chi connectivity index (χ2n) is 8.66. The number of aryl methyl sites for hydroxylation is 2. The molecule has 0 unspecified atom stereocenters. The fourth-order valence-electron chi connectivity index (χ4n) is 4.13. The van der Waals surface area contributed by atoms with Crippen molar-refractivity contribution in [3.05, 3.63) is 162 Å². The minimum atomic E-state index is 0. The number of benzene rings is 4. The Bertz CT molecular complexity index is 1270. The molecule has 0 spiro atoms. The van der Waals surface area contributed by atoms with E-state index in [-0.39, 0.29) is 21.7 Å². The standard InChI is InChI=1S/C13H11.2C11H11.CH3Si.Ti/c1-3-7-12(8-4-1)11-13-9-5-2-6-10-13;2*1-2-9-7-10-5-3-4-6-11(10)8-9;1-2;/h1-11H;2*3-8H,2H2,1H3;1H,2H2;/q4*-1;+4. The van der Waals surface area contributed by atoms with Crippen molar-refractivity contribution in [3.8, 4) is 0 Å². The van der Waals surface area contributed by atoms with Gasteiger partial charge in [-0.15, -0.1) is 123 Å². The number of hydrogen-bond donors (Lipinski definition) is 0. The molecule has 0 fully saturated rings. The summed E-state index contributed by atoms with van der Waals surface area (Å²) in [5.41, 5.74) is 5.36. The number of fused-ring (bicyclic) bond motifs is 2. The molecule has 6 rings (SSSR count). The molecule has 0 saturated heterocycles. The first-order valence-electron chi connectivity index (χ1n) is 12.9. The third-order valence-electron chi connectivity index (χ3n) is 6.10. The average molecular weight is 545 g/mol. The first kappa shape index (κ1) is 31.0. The Labute approximate surface area is 247 Å². The van der Waals surface area contributed by atoms with Crippen LogP contribution in [0.15, 0.2) is 133 Å². The van der Waals surface area contributed by atoms with Crippen LogP contribution in [0.1, 0.15) is 36.1 Å². The zero-order valence-electron chi connectivity index (χ0n) is 22.5. The molecule has 0 aliphatic rings. The van der Waals surface area contributed by atoms with Crippen LogP contribution in [0.25, 0.3) is 21.5 Å². The Morgan fingerprint density at radius 3 is 1.24 bits per heavy atom. The molecule has 0 bridgehead atoms. The Kier molecular flexibility index (Phi) is 14.1. The topological polar surface area (TPSA) is 0 Å². The fourth-order valence-corrected chi connectivity index (χ4v) is 4.13. The van der Waals surface area contributed by atoms with Gasteiger partial charge in [0.1, 0.15) is 0 Å². The van der Waals surface area contributed by atoms with Crippen molar-refractivity contribution in [1.82, 2.24) is 0 Å². The summed E-state index contributed by atoms with van der Waals surface area (Å²) in [7, 11) is 1.36. The zero-order valence-corrected chi connectivity index (χ0v) is 25.5. The van der Waals surface area contributed by atoms with Gasteiger partial charge in [-0.2, -0.15) is 12.1 Å². The average Bonchev–Trinajstić information content (AvgIpc) is 3.60. The van der Waals surface area contributed by atoms with E-state index in [2.05, 4.69) is 148 Å². The summed E-state index contributed by atoms with van der Waals surface area (Å²) >= 11 is 0. The van der Waals surface area contributed by atoms with E-state index in [0.29, 0.717) is 0 Å². The van der Waals surface area contributed by atoms with Crippen molar-refractivity contribution in [2.75, 3.05) is 0 Å². The molecule has 6 aromatic carbocycles. The van der Waals surface area contributed by atoms with Crippen molar-refractivity contribution < 1.29 is 21.7 Å². The van der Waals surface area contributed by atoms with Gasteiger partial charge in [0.2, 0.25) is 0 Å². The monoisotopic (exact) mass is 544 g/mol. The maximum absolute atomic E-state index is 4.53. The van der Waals surface area contributed by atoms with Gasteiger partial charge in [0, 0.05) is 0 Å². The van der Waals surface area contributed by atoms with E-state index in [1.807, 2.05) is 12.1 Å². The van der Waals surface area contributed by atoms with E-state index in [9.17, 15) is 0 Å². The molecule has 38 heavy (non-hydrogen) atoms. The summed E-state index contributed by atoms with van der Waals surface area (Å²) in [6.07, 6.45) is 8.96. The molecular formula is C36H36SiTi. The molecule has 0 radical (unpaired) electrons. The quantitative estimate of drug-likeness (QED) is 0.154. The number of rotatable bonds is 4. The molecule has 0 saturated carbocycles. The van der Waals surface area contributed by atoms with Crippen molar-refractivity contribution in [2.45, 2.75) is 26.7 Å². The van der Waals surface area contributed by atoms with Crippen LogP contribution in [0.5, 0.6) is 0 Å². The van der Waals surface area contributed by atoms with Crippen LogP contribution >= 0.6 is 0 Å². The summed E-state index contributed by atoms with van der Waals surface area (Å²) < 4.78 is 0.